The van der Waals surface area contributed by atoms with Crippen molar-refractivity contribution in [2.45, 2.75) is 12.8 Å². The summed E-state index contributed by atoms with van der Waals surface area (Å²) in [5, 5.41) is 0. The smallest absolute Gasteiger partial charge is 0.323 e. The Bertz CT molecular complexity index is 315. The molecule has 82 valence electrons. The van der Waals surface area contributed by atoms with E-state index >= 15 is 0 Å². The summed E-state index contributed by atoms with van der Waals surface area (Å²) in [7, 11) is 2.62. The Labute approximate surface area is 88.2 Å². The average molecular weight is 210 g/mol. The second-order valence-electron chi connectivity index (χ2n) is 4.15. The van der Waals surface area contributed by atoms with Gasteiger partial charge in [-0.3, -0.25) is 9.59 Å². The summed E-state index contributed by atoms with van der Waals surface area (Å²) in [4.78, 5) is 23.5. The molecule has 4 nitrogen and oxygen atoms in total. The number of hydrogen-bond donors (Lipinski definition) is 0. The molecule has 2 aliphatic rings. The zero-order chi connectivity index (χ0) is 11.1. The van der Waals surface area contributed by atoms with Crippen molar-refractivity contribution in [3.8, 4) is 0 Å². The average Bonchev–Trinajstić information content (AvgIpc) is 2.86. The van der Waals surface area contributed by atoms with Crippen LogP contribution in [0.1, 0.15) is 12.8 Å². The summed E-state index contributed by atoms with van der Waals surface area (Å²) in [6.45, 7) is 0. The van der Waals surface area contributed by atoms with E-state index in [1.807, 2.05) is 6.08 Å². The van der Waals surface area contributed by atoms with E-state index < -0.39 is 17.4 Å². The zero-order valence-electron chi connectivity index (χ0n) is 8.86. The highest BCUT2D eigenvalue weighted by molar-refractivity contribution is 6.01. The van der Waals surface area contributed by atoms with Crippen molar-refractivity contribution >= 4 is 11.9 Å². The van der Waals surface area contributed by atoms with E-state index in [0.717, 1.165) is 6.42 Å². The van der Waals surface area contributed by atoms with Gasteiger partial charge in [0, 0.05) is 5.92 Å². The van der Waals surface area contributed by atoms with Crippen LogP contribution in [0.2, 0.25) is 0 Å². The Morgan fingerprint density at radius 2 is 1.80 bits per heavy atom. The van der Waals surface area contributed by atoms with Gasteiger partial charge >= 0.3 is 11.9 Å². The highest BCUT2D eigenvalue weighted by atomic mass is 16.5. The molecule has 0 aromatic heterocycles. The van der Waals surface area contributed by atoms with Crippen molar-refractivity contribution in [1.29, 1.82) is 0 Å². The largest absolute Gasteiger partial charge is 0.468 e. The minimum absolute atomic E-state index is 0.0533. The van der Waals surface area contributed by atoms with E-state index in [9.17, 15) is 9.59 Å². The molecule has 1 fully saturated rings. The third-order valence-corrected chi connectivity index (χ3v) is 3.49. The Kier molecular flexibility index (Phi) is 2.29. The standard InChI is InChI=1S/C11H14O4/c1-14-9(12)11(10(13)15-2)6-7-3-4-8(11)5-7/h3-4,7-8H,5-6H2,1-2H3. The molecule has 2 aliphatic carbocycles. The van der Waals surface area contributed by atoms with Gasteiger partial charge in [-0.1, -0.05) is 12.2 Å². The molecule has 1 saturated carbocycles. The lowest BCUT2D eigenvalue weighted by Gasteiger charge is -2.29. The molecule has 0 aromatic carbocycles. The van der Waals surface area contributed by atoms with Crippen LogP contribution in [0.25, 0.3) is 0 Å². The third kappa shape index (κ3) is 1.20. The maximum Gasteiger partial charge on any atom is 0.323 e. The predicted octanol–water partition coefficient (Wildman–Crippen LogP) is 0.915. The highest BCUT2D eigenvalue weighted by Crippen LogP contribution is 2.53. The first-order chi connectivity index (χ1) is 7.15. The summed E-state index contributed by atoms with van der Waals surface area (Å²) in [6.07, 6.45) is 5.37. The fourth-order valence-corrected chi connectivity index (χ4v) is 2.77. The number of hydrogen-bond acceptors (Lipinski definition) is 4. The van der Waals surface area contributed by atoms with Crippen molar-refractivity contribution in [1.82, 2.24) is 0 Å². The minimum Gasteiger partial charge on any atom is -0.468 e. The Morgan fingerprint density at radius 3 is 2.13 bits per heavy atom. The van der Waals surface area contributed by atoms with E-state index in [1.165, 1.54) is 14.2 Å². The van der Waals surface area contributed by atoms with Crippen molar-refractivity contribution in [2.75, 3.05) is 14.2 Å². The van der Waals surface area contributed by atoms with Gasteiger partial charge in [-0.05, 0) is 18.8 Å². The number of rotatable bonds is 2. The number of fused-ring (bicyclic) bond motifs is 2. The van der Waals surface area contributed by atoms with Crippen LogP contribution in [0.5, 0.6) is 0 Å². The van der Waals surface area contributed by atoms with Crippen molar-refractivity contribution in [2.24, 2.45) is 17.3 Å². The van der Waals surface area contributed by atoms with Crippen LogP contribution in [0.4, 0.5) is 0 Å². The van der Waals surface area contributed by atoms with Crippen LogP contribution in [0.15, 0.2) is 12.2 Å². The van der Waals surface area contributed by atoms with Crippen LogP contribution in [0.3, 0.4) is 0 Å². The van der Waals surface area contributed by atoms with Gasteiger partial charge in [0.05, 0.1) is 14.2 Å². The fraction of sp³-hybridized carbons (Fsp3) is 0.636. The first-order valence-electron chi connectivity index (χ1n) is 5.00. The SMILES string of the molecule is COC(=O)C1(C(=O)OC)CC2C=CC1C2. The van der Waals surface area contributed by atoms with Crippen molar-refractivity contribution < 1.29 is 19.1 Å². The topological polar surface area (TPSA) is 52.6 Å². The Hall–Kier alpha value is -1.32. The number of esters is 2. The van der Waals surface area contributed by atoms with Gasteiger partial charge in [-0.15, -0.1) is 0 Å². The zero-order valence-corrected chi connectivity index (χ0v) is 8.86. The molecule has 2 rings (SSSR count). The van der Waals surface area contributed by atoms with Gasteiger partial charge in [-0.25, -0.2) is 0 Å². The second-order valence-corrected chi connectivity index (χ2v) is 4.15. The van der Waals surface area contributed by atoms with E-state index in [-0.39, 0.29) is 5.92 Å². The van der Waals surface area contributed by atoms with Gasteiger partial charge in [0.15, 0.2) is 5.41 Å². The number of allylic oxidation sites excluding steroid dienone is 2. The quantitative estimate of drug-likeness (QED) is 0.386. The number of methoxy groups -OCH3 is 2. The number of ether oxygens (including phenoxy) is 2. The predicted molar refractivity (Wildman–Crippen MR) is 51.8 cm³/mol. The maximum atomic E-state index is 11.8. The lowest BCUT2D eigenvalue weighted by molar-refractivity contribution is -0.171. The molecule has 15 heavy (non-hydrogen) atoms. The first kappa shape index (κ1) is 10.2. The van der Waals surface area contributed by atoms with Crippen LogP contribution >= 0.6 is 0 Å². The molecule has 0 heterocycles. The van der Waals surface area contributed by atoms with Gasteiger partial charge in [0.1, 0.15) is 0 Å². The van der Waals surface area contributed by atoms with E-state index in [1.54, 1.807) is 0 Å². The summed E-state index contributed by atoms with van der Waals surface area (Å²) < 4.78 is 9.48. The van der Waals surface area contributed by atoms with Crippen molar-refractivity contribution in [3.05, 3.63) is 12.2 Å². The maximum absolute atomic E-state index is 11.8. The minimum atomic E-state index is -1.08. The molecule has 0 aliphatic heterocycles. The lowest BCUT2D eigenvalue weighted by atomic mass is 9.75. The third-order valence-electron chi connectivity index (χ3n) is 3.49. The molecule has 2 atom stereocenters. The Morgan fingerprint density at radius 1 is 1.20 bits per heavy atom. The van der Waals surface area contributed by atoms with Gasteiger partial charge in [0.25, 0.3) is 0 Å². The van der Waals surface area contributed by atoms with Crippen LogP contribution in [-0.4, -0.2) is 26.2 Å². The molecule has 0 saturated heterocycles. The van der Waals surface area contributed by atoms with Gasteiger partial charge < -0.3 is 9.47 Å². The summed E-state index contributed by atoms with van der Waals surface area (Å²) in [5.74, 6) is -0.673. The lowest BCUT2D eigenvalue weighted by Crippen LogP contribution is -2.44. The molecular formula is C11H14O4. The molecule has 4 heteroatoms. The molecule has 2 bridgehead atoms. The summed E-state index contributed by atoms with van der Waals surface area (Å²) in [6, 6.07) is 0. The fourth-order valence-electron chi connectivity index (χ4n) is 2.77. The van der Waals surface area contributed by atoms with E-state index in [2.05, 4.69) is 6.08 Å². The normalized spacial score (nSPS) is 30.3. The molecule has 0 radical (unpaired) electrons. The molecule has 0 aromatic rings. The van der Waals surface area contributed by atoms with Gasteiger partial charge in [0.2, 0.25) is 0 Å². The summed E-state index contributed by atoms with van der Waals surface area (Å²) >= 11 is 0. The second kappa shape index (κ2) is 3.36. The van der Waals surface area contributed by atoms with Gasteiger partial charge in [-0.2, -0.15) is 0 Å². The molecule has 2 unspecified atom stereocenters. The number of carbonyl (C=O) groups excluding carboxylic acids is 2. The van der Waals surface area contributed by atoms with Crippen molar-refractivity contribution in [3.63, 3.8) is 0 Å². The monoisotopic (exact) mass is 210 g/mol. The number of carbonyl (C=O) groups is 2. The highest BCUT2D eigenvalue weighted by Gasteiger charge is 2.60. The van der Waals surface area contributed by atoms with E-state index in [4.69, 9.17) is 9.47 Å². The van der Waals surface area contributed by atoms with E-state index in [0.29, 0.717) is 12.3 Å². The molecule has 0 N–H and O–H groups in total. The Balaban J connectivity index is 2.37. The summed E-state index contributed by atoms with van der Waals surface area (Å²) in [5.41, 5.74) is -1.08. The van der Waals surface area contributed by atoms with Crippen LogP contribution in [-0.2, 0) is 19.1 Å². The van der Waals surface area contributed by atoms with Crippen LogP contribution < -0.4 is 0 Å². The van der Waals surface area contributed by atoms with Crippen LogP contribution in [0, 0.1) is 17.3 Å². The molecule has 0 spiro atoms. The molecule has 0 amide bonds. The first-order valence-corrected chi connectivity index (χ1v) is 5.00. The molecular weight excluding hydrogens is 196 g/mol.